The van der Waals surface area contributed by atoms with E-state index in [4.69, 9.17) is 9.84 Å². The van der Waals surface area contributed by atoms with E-state index in [1.807, 2.05) is 0 Å². The Morgan fingerprint density at radius 3 is 2.42 bits per heavy atom. The van der Waals surface area contributed by atoms with E-state index in [1.165, 1.54) is 31.2 Å². The molecule has 3 aromatic rings. The Balaban J connectivity index is 1.38. The van der Waals surface area contributed by atoms with Crippen molar-refractivity contribution in [1.82, 2.24) is 19.7 Å². The van der Waals surface area contributed by atoms with Crippen LogP contribution in [0.5, 0.6) is 0 Å². The van der Waals surface area contributed by atoms with Crippen LogP contribution >= 0.6 is 0 Å². The van der Waals surface area contributed by atoms with E-state index in [9.17, 15) is 9.90 Å². The number of carboxylic acids is 1. The van der Waals surface area contributed by atoms with Gasteiger partial charge < -0.3 is 9.84 Å². The molecule has 2 aromatic heterocycles. The Morgan fingerprint density at radius 1 is 1.00 bits per heavy atom. The number of rotatable bonds is 7. The minimum atomic E-state index is -0.984. The molecule has 2 saturated carbocycles. The number of morpholine rings is 1. The van der Waals surface area contributed by atoms with E-state index in [2.05, 4.69) is 38.8 Å². The minimum absolute atomic E-state index is 0.103. The molecule has 0 amide bonds. The first kappa shape index (κ1) is 23.6. The van der Waals surface area contributed by atoms with Crippen LogP contribution in [0.3, 0.4) is 0 Å². The third-order valence-corrected chi connectivity index (χ3v) is 8.41. The molecule has 0 unspecified atom stereocenters. The zero-order chi connectivity index (χ0) is 24.5. The first-order chi connectivity index (χ1) is 17.7. The molecule has 0 atom stereocenters. The molecule has 2 aliphatic carbocycles. The van der Waals surface area contributed by atoms with Crippen LogP contribution in [-0.4, -0.2) is 63.6 Å². The minimum Gasteiger partial charge on any atom is -0.477 e. The molecule has 3 fully saturated rings. The number of carboxylic acid groups (broad SMARTS) is 1. The van der Waals surface area contributed by atoms with Crippen molar-refractivity contribution in [3.63, 3.8) is 0 Å². The molecule has 3 heterocycles. The fourth-order valence-corrected chi connectivity index (χ4v) is 6.01. The molecule has 0 bridgehead atoms. The molecule has 0 radical (unpaired) electrons. The van der Waals surface area contributed by atoms with Crippen LogP contribution < -0.4 is 0 Å². The lowest BCUT2D eigenvalue weighted by Gasteiger charge is -2.26. The van der Waals surface area contributed by atoms with Gasteiger partial charge >= 0.3 is 5.97 Å². The molecule has 1 N–H and O–H groups in total. The zero-order valence-corrected chi connectivity index (χ0v) is 21.0. The average Bonchev–Trinajstić information content (AvgIpc) is 3.26. The maximum atomic E-state index is 12.1. The number of fused-ring (bicyclic) bond motifs is 1. The lowest BCUT2D eigenvalue weighted by molar-refractivity contribution is 0.0384. The number of pyridine rings is 1. The van der Waals surface area contributed by atoms with E-state index in [-0.39, 0.29) is 5.69 Å². The number of nitrogens with zero attached hydrogens (tertiary/aromatic N) is 4. The van der Waals surface area contributed by atoms with E-state index in [0.717, 1.165) is 92.8 Å². The molecule has 6 rings (SSSR count). The van der Waals surface area contributed by atoms with Crippen molar-refractivity contribution in [3.05, 3.63) is 47.3 Å². The topological polar surface area (TPSA) is 80.5 Å². The third-order valence-electron chi connectivity index (χ3n) is 8.41. The lowest BCUT2D eigenvalue weighted by Crippen LogP contribution is -2.37. The van der Waals surface area contributed by atoms with Crippen LogP contribution in [0.4, 0.5) is 0 Å². The van der Waals surface area contributed by atoms with Crippen LogP contribution in [0.1, 0.15) is 85.1 Å². The highest BCUT2D eigenvalue weighted by Gasteiger charge is 2.31. The summed E-state index contributed by atoms with van der Waals surface area (Å²) in [5.74, 6) is -0.539. The van der Waals surface area contributed by atoms with Gasteiger partial charge in [0.05, 0.1) is 30.3 Å². The number of aromatic nitrogens is 3. The highest BCUT2D eigenvalue weighted by atomic mass is 16.5. The van der Waals surface area contributed by atoms with Crippen LogP contribution in [0, 0.1) is 0 Å². The third kappa shape index (κ3) is 4.66. The van der Waals surface area contributed by atoms with Crippen LogP contribution in [0.25, 0.3) is 22.2 Å². The summed E-state index contributed by atoms with van der Waals surface area (Å²) in [4.78, 5) is 19.2. The Hall–Kier alpha value is -2.77. The van der Waals surface area contributed by atoms with E-state index < -0.39 is 5.97 Å². The van der Waals surface area contributed by atoms with Crippen molar-refractivity contribution in [2.24, 2.45) is 0 Å². The van der Waals surface area contributed by atoms with Crippen molar-refractivity contribution < 1.29 is 14.6 Å². The first-order valence-corrected chi connectivity index (χ1v) is 13.7. The summed E-state index contributed by atoms with van der Waals surface area (Å²) in [5.41, 5.74) is 5.29. The summed E-state index contributed by atoms with van der Waals surface area (Å²) in [6.07, 6.45) is 10.4. The predicted molar refractivity (Wildman–Crippen MR) is 140 cm³/mol. The predicted octanol–water partition coefficient (Wildman–Crippen LogP) is 5.44. The van der Waals surface area contributed by atoms with Gasteiger partial charge in [-0.1, -0.05) is 49.9 Å². The standard InChI is InChI=1S/C29H36N4O3/c34-29(35)25-19-24(21-11-9-20(10-12-21)13-14-32-15-17-36-18-16-32)26-27(22-5-4-6-22)31-33(28(26)30-25)23-7-2-1-3-8-23/h9-12,19,22-23H,1-8,13-18H2,(H,34,35). The highest BCUT2D eigenvalue weighted by Crippen LogP contribution is 2.43. The van der Waals surface area contributed by atoms with Gasteiger partial charge in [0.25, 0.3) is 0 Å². The second kappa shape index (κ2) is 10.3. The number of carbonyl (C=O) groups is 1. The van der Waals surface area contributed by atoms with Crippen molar-refractivity contribution in [3.8, 4) is 11.1 Å². The monoisotopic (exact) mass is 488 g/mol. The van der Waals surface area contributed by atoms with Crippen molar-refractivity contribution in [2.45, 2.75) is 69.7 Å². The normalized spacial score (nSPS) is 20.0. The highest BCUT2D eigenvalue weighted by molar-refractivity contribution is 5.99. The second-order valence-electron chi connectivity index (χ2n) is 10.7. The summed E-state index contributed by atoms with van der Waals surface area (Å²) < 4.78 is 7.55. The Kier molecular flexibility index (Phi) is 6.76. The number of ether oxygens (including phenoxy) is 1. The zero-order valence-electron chi connectivity index (χ0n) is 21.0. The summed E-state index contributed by atoms with van der Waals surface area (Å²) in [6, 6.07) is 10.8. The summed E-state index contributed by atoms with van der Waals surface area (Å²) in [7, 11) is 0. The molecule has 190 valence electrons. The van der Waals surface area contributed by atoms with E-state index >= 15 is 0 Å². The van der Waals surface area contributed by atoms with Gasteiger partial charge in [-0.25, -0.2) is 14.5 Å². The quantitative estimate of drug-likeness (QED) is 0.477. The van der Waals surface area contributed by atoms with E-state index in [0.29, 0.717) is 12.0 Å². The fraction of sp³-hybridized carbons (Fsp3) is 0.552. The summed E-state index contributed by atoms with van der Waals surface area (Å²) in [6.45, 7) is 4.67. The van der Waals surface area contributed by atoms with Gasteiger partial charge in [0, 0.05) is 25.6 Å². The molecule has 1 aromatic carbocycles. The summed E-state index contributed by atoms with van der Waals surface area (Å²) >= 11 is 0. The molecule has 1 saturated heterocycles. The number of aromatic carboxylic acids is 1. The molecule has 7 heteroatoms. The largest absolute Gasteiger partial charge is 0.477 e. The van der Waals surface area contributed by atoms with Gasteiger partial charge in [-0.2, -0.15) is 5.10 Å². The molecule has 3 aliphatic rings. The van der Waals surface area contributed by atoms with Gasteiger partial charge in [-0.15, -0.1) is 0 Å². The van der Waals surface area contributed by atoms with Crippen LogP contribution in [-0.2, 0) is 11.2 Å². The smallest absolute Gasteiger partial charge is 0.354 e. The average molecular weight is 489 g/mol. The van der Waals surface area contributed by atoms with Gasteiger partial charge in [0.1, 0.15) is 0 Å². The van der Waals surface area contributed by atoms with Crippen LogP contribution in [0.2, 0.25) is 0 Å². The number of hydrogen-bond donors (Lipinski definition) is 1. The molecule has 0 spiro atoms. The van der Waals surface area contributed by atoms with Gasteiger partial charge in [-0.3, -0.25) is 4.90 Å². The molecular formula is C29H36N4O3. The Bertz CT molecular complexity index is 1220. The lowest BCUT2D eigenvalue weighted by atomic mass is 9.81. The van der Waals surface area contributed by atoms with Gasteiger partial charge in [0.15, 0.2) is 11.3 Å². The van der Waals surface area contributed by atoms with Crippen LogP contribution in [0.15, 0.2) is 30.3 Å². The maximum Gasteiger partial charge on any atom is 0.354 e. The summed E-state index contributed by atoms with van der Waals surface area (Å²) in [5, 5.41) is 16.2. The fourth-order valence-electron chi connectivity index (χ4n) is 6.01. The van der Waals surface area contributed by atoms with Gasteiger partial charge in [0.2, 0.25) is 0 Å². The Labute approximate surface area is 212 Å². The number of benzene rings is 1. The van der Waals surface area contributed by atoms with Gasteiger partial charge in [-0.05, 0) is 54.9 Å². The second-order valence-corrected chi connectivity index (χ2v) is 10.7. The molecule has 7 nitrogen and oxygen atoms in total. The molecule has 36 heavy (non-hydrogen) atoms. The van der Waals surface area contributed by atoms with Crippen molar-refractivity contribution >= 4 is 17.0 Å². The molecular weight excluding hydrogens is 452 g/mol. The Morgan fingerprint density at radius 2 is 1.75 bits per heavy atom. The maximum absolute atomic E-state index is 12.1. The van der Waals surface area contributed by atoms with Crippen molar-refractivity contribution in [2.75, 3.05) is 32.8 Å². The first-order valence-electron chi connectivity index (χ1n) is 13.7. The SMILES string of the molecule is O=C(O)c1cc(-c2ccc(CCN3CCOCC3)cc2)c2c(C3CCC3)nn(C3CCCCC3)c2n1. The van der Waals surface area contributed by atoms with E-state index in [1.54, 1.807) is 6.07 Å². The number of hydrogen-bond acceptors (Lipinski definition) is 5. The van der Waals surface area contributed by atoms with Crippen molar-refractivity contribution in [1.29, 1.82) is 0 Å². The molecule has 1 aliphatic heterocycles.